The van der Waals surface area contributed by atoms with Crippen LogP contribution in [0.4, 0.5) is 5.69 Å². The zero-order chi connectivity index (χ0) is 25.1. The van der Waals surface area contributed by atoms with Crippen molar-refractivity contribution in [2.24, 2.45) is 0 Å². The molecule has 1 amide bonds. The van der Waals surface area contributed by atoms with Crippen LogP contribution in [0.25, 0.3) is 10.9 Å². The van der Waals surface area contributed by atoms with E-state index in [-0.39, 0.29) is 12.8 Å². The lowest BCUT2D eigenvalue weighted by atomic mass is 10.0. The van der Waals surface area contributed by atoms with Crippen LogP contribution in [-0.2, 0) is 20.9 Å². The predicted octanol–water partition coefficient (Wildman–Crippen LogP) is 2.52. The van der Waals surface area contributed by atoms with Crippen LogP contribution in [0.5, 0.6) is 0 Å². The lowest BCUT2D eigenvalue weighted by Crippen LogP contribution is -2.48. The van der Waals surface area contributed by atoms with Crippen molar-refractivity contribution in [2.45, 2.75) is 39.3 Å². The molecule has 1 saturated heterocycles. The molecule has 3 heterocycles. The van der Waals surface area contributed by atoms with Gasteiger partial charge in [0.15, 0.2) is 0 Å². The molecule has 1 atom stereocenters. The van der Waals surface area contributed by atoms with Gasteiger partial charge in [0.2, 0.25) is 5.91 Å². The molecule has 0 bridgehead atoms. The van der Waals surface area contributed by atoms with E-state index in [1.807, 2.05) is 18.7 Å². The lowest BCUT2D eigenvalue weighted by molar-refractivity contribution is -0.144. The smallest absolute Gasteiger partial charge is 0.325 e. The highest BCUT2D eigenvalue weighted by atomic mass is 16.5. The average Bonchev–Trinajstić information content (AvgIpc) is 3.36. The molecular weight excluding hydrogens is 454 g/mol. The molecule has 2 aromatic heterocycles. The Morgan fingerprint density at radius 1 is 1.14 bits per heavy atom. The fourth-order valence-corrected chi connectivity index (χ4v) is 4.51. The Bertz CT molecular complexity index is 1220. The fourth-order valence-electron chi connectivity index (χ4n) is 4.51. The van der Waals surface area contributed by atoms with Gasteiger partial charge in [-0.05, 0) is 26.0 Å². The quantitative estimate of drug-likeness (QED) is 0.360. The number of anilines is 1. The highest BCUT2D eigenvalue weighted by molar-refractivity contribution is 5.96. The number of aryl methyl sites for hydroxylation is 2. The summed E-state index contributed by atoms with van der Waals surface area (Å²) >= 11 is 0. The molecule has 1 aromatic carbocycles. The first-order chi connectivity index (χ1) is 16.7. The van der Waals surface area contributed by atoms with Gasteiger partial charge < -0.3 is 25.0 Å². The third kappa shape index (κ3) is 5.52. The van der Waals surface area contributed by atoms with Gasteiger partial charge in [-0.25, -0.2) is 0 Å². The minimum Gasteiger partial charge on any atom is -0.481 e. The second-order valence-electron chi connectivity index (χ2n) is 8.80. The van der Waals surface area contributed by atoms with Crippen LogP contribution in [0, 0.1) is 13.8 Å². The number of hydrogen-bond acceptors (Lipinski definition) is 7. The zero-order valence-electron chi connectivity index (χ0n) is 19.7. The van der Waals surface area contributed by atoms with Crippen LogP contribution in [0.1, 0.15) is 41.5 Å². The molecule has 186 valence electrons. The van der Waals surface area contributed by atoms with Crippen LogP contribution in [0.3, 0.4) is 0 Å². The summed E-state index contributed by atoms with van der Waals surface area (Å²) in [5.74, 6) is -1.54. The fraction of sp³-hybridized carbons (Fsp3) is 0.417. The molecule has 1 aliphatic heterocycles. The number of carbonyl (C=O) groups excluding carboxylic acids is 1. The van der Waals surface area contributed by atoms with Crippen LogP contribution in [0.15, 0.2) is 28.9 Å². The third-order valence-electron chi connectivity index (χ3n) is 6.43. The number of H-pyrrole nitrogens is 1. The summed E-state index contributed by atoms with van der Waals surface area (Å²) in [6.45, 7) is 7.20. The van der Waals surface area contributed by atoms with Gasteiger partial charge in [-0.3, -0.25) is 24.2 Å². The van der Waals surface area contributed by atoms with Gasteiger partial charge in [-0.15, -0.1) is 0 Å². The number of amides is 1. The molecule has 11 nitrogen and oxygen atoms in total. The first kappa shape index (κ1) is 24.4. The number of fused-ring (bicyclic) bond motifs is 1. The van der Waals surface area contributed by atoms with E-state index in [2.05, 4.69) is 20.4 Å². The van der Waals surface area contributed by atoms with Crippen LogP contribution in [0.2, 0.25) is 0 Å². The summed E-state index contributed by atoms with van der Waals surface area (Å²) in [7, 11) is 0. The summed E-state index contributed by atoms with van der Waals surface area (Å²) in [5.41, 5.74) is 3.83. The number of nitrogens with one attached hydrogen (secondary N) is 2. The Morgan fingerprint density at radius 2 is 1.89 bits per heavy atom. The number of benzene rings is 1. The Hall–Kier alpha value is -3.70. The van der Waals surface area contributed by atoms with Crippen LogP contribution < -0.4 is 5.32 Å². The largest absolute Gasteiger partial charge is 0.481 e. The van der Waals surface area contributed by atoms with Crippen molar-refractivity contribution in [3.05, 3.63) is 47.0 Å². The lowest BCUT2D eigenvalue weighted by Gasteiger charge is -2.37. The summed E-state index contributed by atoms with van der Waals surface area (Å²) in [4.78, 5) is 42.3. The SMILES string of the molecule is Cc1noc(C)c1CN1CCN([C@H](C(=O)O)c2c[nH]c3cc(NC(=O)CCC(=O)O)ccc23)CC1. The summed E-state index contributed by atoms with van der Waals surface area (Å²) < 4.78 is 5.25. The molecule has 4 rings (SSSR count). The molecule has 11 heteroatoms. The molecule has 35 heavy (non-hydrogen) atoms. The molecule has 1 aliphatic rings. The zero-order valence-corrected chi connectivity index (χ0v) is 19.7. The number of aromatic amines is 1. The van der Waals surface area contributed by atoms with Crippen LogP contribution in [-0.4, -0.2) is 74.2 Å². The number of aromatic nitrogens is 2. The molecular formula is C24H29N5O6. The number of aliphatic carboxylic acids is 2. The van der Waals surface area contributed by atoms with E-state index in [0.29, 0.717) is 29.9 Å². The number of carboxylic acid groups (broad SMARTS) is 2. The van der Waals surface area contributed by atoms with Gasteiger partial charge in [0.1, 0.15) is 11.8 Å². The van der Waals surface area contributed by atoms with E-state index in [1.54, 1.807) is 24.4 Å². The molecule has 1 fully saturated rings. The number of hydrogen-bond donors (Lipinski definition) is 4. The topological polar surface area (TPSA) is 152 Å². The minimum absolute atomic E-state index is 0.118. The minimum atomic E-state index is -1.03. The van der Waals surface area contributed by atoms with Gasteiger partial charge in [0.05, 0.1) is 12.1 Å². The second-order valence-corrected chi connectivity index (χ2v) is 8.80. The number of nitrogens with zero attached hydrogens (tertiary/aromatic N) is 3. The Kier molecular flexibility index (Phi) is 7.17. The number of piperazine rings is 1. The van der Waals surface area contributed by atoms with E-state index in [1.165, 1.54) is 0 Å². The molecule has 0 saturated carbocycles. The van der Waals surface area contributed by atoms with Crippen molar-refractivity contribution in [1.29, 1.82) is 0 Å². The summed E-state index contributed by atoms with van der Waals surface area (Å²) in [6.07, 6.45) is 1.34. The van der Waals surface area contributed by atoms with Crippen molar-refractivity contribution >= 4 is 34.4 Å². The maximum Gasteiger partial charge on any atom is 0.325 e. The van der Waals surface area contributed by atoms with E-state index in [9.17, 15) is 19.5 Å². The van der Waals surface area contributed by atoms with Crippen molar-refractivity contribution in [3.63, 3.8) is 0 Å². The maximum atomic E-state index is 12.3. The summed E-state index contributed by atoms with van der Waals surface area (Å²) in [5, 5.41) is 26.3. The van der Waals surface area contributed by atoms with Crippen LogP contribution >= 0.6 is 0 Å². The molecule has 4 N–H and O–H groups in total. The van der Waals surface area contributed by atoms with E-state index in [4.69, 9.17) is 9.63 Å². The molecule has 0 radical (unpaired) electrons. The average molecular weight is 484 g/mol. The molecule has 0 aliphatic carbocycles. The molecule has 0 spiro atoms. The highest BCUT2D eigenvalue weighted by Crippen LogP contribution is 2.31. The monoisotopic (exact) mass is 483 g/mol. The normalized spacial score (nSPS) is 15.8. The van der Waals surface area contributed by atoms with Crippen molar-refractivity contribution in [2.75, 3.05) is 31.5 Å². The summed E-state index contributed by atoms with van der Waals surface area (Å²) in [6, 6.07) is 4.38. The third-order valence-corrected chi connectivity index (χ3v) is 6.43. The van der Waals surface area contributed by atoms with Crippen molar-refractivity contribution < 1.29 is 29.1 Å². The van der Waals surface area contributed by atoms with Gasteiger partial charge in [-0.1, -0.05) is 11.2 Å². The Balaban J connectivity index is 1.45. The molecule has 0 unspecified atom stereocenters. The van der Waals surface area contributed by atoms with Crippen molar-refractivity contribution in [3.8, 4) is 0 Å². The first-order valence-corrected chi connectivity index (χ1v) is 11.5. The highest BCUT2D eigenvalue weighted by Gasteiger charge is 2.32. The van der Waals surface area contributed by atoms with Gasteiger partial charge in [-0.2, -0.15) is 0 Å². The number of rotatable bonds is 9. The van der Waals surface area contributed by atoms with Gasteiger partial charge in [0.25, 0.3) is 0 Å². The van der Waals surface area contributed by atoms with E-state index < -0.39 is 23.9 Å². The number of carboxylic acids is 2. The molecule has 3 aromatic rings. The van der Waals surface area contributed by atoms with Gasteiger partial charge in [0, 0.05) is 73.1 Å². The second kappa shape index (κ2) is 10.3. The van der Waals surface area contributed by atoms with E-state index >= 15 is 0 Å². The van der Waals surface area contributed by atoms with Gasteiger partial charge >= 0.3 is 11.9 Å². The van der Waals surface area contributed by atoms with Crippen molar-refractivity contribution in [1.82, 2.24) is 19.9 Å². The maximum absolute atomic E-state index is 12.3. The number of carbonyl (C=O) groups is 3. The van der Waals surface area contributed by atoms with E-state index in [0.717, 1.165) is 42.0 Å². The Labute approximate surface area is 201 Å². The standard InChI is InChI=1S/C24H29N5O6/c1-14-19(15(2)35-27-14)13-28-7-9-29(10-8-28)23(24(33)34)18-12-25-20-11-16(3-4-17(18)20)26-21(30)5-6-22(31)32/h3-4,11-12,23,25H,5-10,13H2,1-2H3,(H,26,30)(H,31,32)(H,33,34)/t23-/m0/s1. The predicted molar refractivity (Wildman–Crippen MR) is 127 cm³/mol. The first-order valence-electron chi connectivity index (χ1n) is 11.5. The Morgan fingerprint density at radius 3 is 2.51 bits per heavy atom.